The lowest BCUT2D eigenvalue weighted by molar-refractivity contribution is 1.30. The van der Waals surface area contributed by atoms with Gasteiger partial charge in [0, 0.05) is 71.8 Å². The first-order valence-electron chi connectivity index (χ1n) is 13.6. The fourth-order valence-electron chi connectivity index (χ4n) is 4.86. The maximum Gasteiger partial charge on any atom is 0.0346 e. The average molecular weight is 561 g/mol. The molecule has 0 aliphatic carbocycles. The Labute approximate surface area is 250 Å². The summed E-state index contributed by atoms with van der Waals surface area (Å²) >= 11 is 1.69. The van der Waals surface area contributed by atoms with Crippen LogP contribution in [0.25, 0.3) is 50.1 Å². The van der Waals surface area contributed by atoms with Crippen molar-refractivity contribution in [3.05, 3.63) is 162 Å². The van der Waals surface area contributed by atoms with Crippen LogP contribution in [0.5, 0.6) is 0 Å². The molecule has 1 aromatic carbocycles. The smallest absolute Gasteiger partial charge is 0.0346 e. The Morgan fingerprint density at radius 1 is 0.619 bits per heavy atom. The highest BCUT2D eigenvalue weighted by molar-refractivity contribution is 7.08. The first-order chi connectivity index (χ1) is 20.7. The highest BCUT2D eigenvalue weighted by Gasteiger charge is 2.15. The van der Waals surface area contributed by atoms with Gasteiger partial charge in [-0.05, 0) is 111 Å². The van der Waals surface area contributed by atoms with Crippen LogP contribution in [-0.4, -0.2) is 19.9 Å². The summed E-state index contributed by atoms with van der Waals surface area (Å²) in [5, 5.41) is 4.43. The van der Waals surface area contributed by atoms with E-state index in [9.17, 15) is 0 Å². The Morgan fingerprint density at radius 3 is 1.71 bits per heavy atom. The standard InChI is InChI=1S/C37H28N4S/c1-26(28-7-3-11-38-20-28)15-34(16-27(2)29-8-4-12-39-21-29)36-24-42-25-37(36)35-18-32(30-9-5-13-40-22-30)17-33(19-35)31-10-6-14-41-23-31/h3-25H,1H2,2H3/b27-16+,34-15+. The summed E-state index contributed by atoms with van der Waals surface area (Å²) in [7, 11) is 0. The molecule has 5 heterocycles. The van der Waals surface area contributed by atoms with Crippen molar-refractivity contribution in [2.24, 2.45) is 0 Å². The third-order valence-corrected chi connectivity index (χ3v) is 7.80. The minimum atomic E-state index is 0.894. The van der Waals surface area contributed by atoms with Crippen molar-refractivity contribution in [3.63, 3.8) is 0 Å². The minimum Gasteiger partial charge on any atom is -0.264 e. The van der Waals surface area contributed by atoms with Crippen LogP contribution in [0.4, 0.5) is 0 Å². The number of hydrogen-bond donors (Lipinski definition) is 0. The Bertz CT molecular complexity index is 1820. The van der Waals surface area contributed by atoms with E-state index in [-0.39, 0.29) is 0 Å². The van der Waals surface area contributed by atoms with Gasteiger partial charge >= 0.3 is 0 Å². The van der Waals surface area contributed by atoms with Crippen LogP contribution in [0.3, 0.4) is 0 Å². The lowest BCUT2D eigenvalue weighted by Crippen LogP contribution is -1.91. The Kier molecular flexibility index (Phi) is 8.02. The summed E-state index contributed by atoms with van der Waals surface area (Å²) in [5.74, 6) is 0. The number of rotatable bonds is 8. The fraction of sp³-hybridized carbons (Fsp3) is 0.0270. The molecule has 42 heavy (non-hydrogen) atoms. The van der Waals surface area contributed by atoms with E-state index < -0.39 is 0 Å². The molecule has 5 heteroatoms. The molecule has 0 bridgehead atoms. The third-order valence-electron chi connectivity index (χ3n) is 7.06. The SMILES string of the molecule is C=C(/C=C(\C=C(/C)c1cccnc1)c1cscc1-c1cc(-c2cccnc2)cc(-c2cccnc2)c1)c1cccnc1. The van der Waals surface area contributed by atoms with E-state index in [0.717, 1.165) is 66.8 Å². The van der Waals surface area contributed by atoms with Crippen molar-refractivity contribution in [2.75, 3.05) is 0 Å². The second-order valence-corrected chi connectivity index (χ2v) is 10.7. The molecule has 0 spiro atoms. The van der Waals surface area contributed by atoms with Crippen LogP contribution >= 0.6 is 11.3 Å². The predicted octanol–water partition coefficient (Wildman–Crippen LogP) is 9.53. The normalized spacial score (nSPS) is 11.8. The third kappa shape index (κ3) is 6.07. The van der Waals surface area contributed by atoms with Gasteiger partial charge in [-0.15, -0.1) is 0 Å². The van der Waals surface area contributed by atoms with Crippen LogP contribution in [-0.2, 0) is 0 Å². The quantitative estimate of drug-likeness (QED) is 0.174. The van der Waals surface area contributed by atoms with Gasteiger partial charge in [-0.1, -0.05) is 36.9 Å². The van der Waals surface area contributed by atoms with Crippen molar-refractivity contribution in [3.8, 4) is 33.4 Å². The molecule has 0 atom stereocenters. The molecule has 202 valence electrons. The van der Waals surface area contributed by atoms with Gasteiger partial charge < -0.3 is 0 Å². The van der Waals surface area contributed by atoms with E-state index in [1.165, 1.54) is 0 Å². The van der Waals surface area contributed by atoms with Crippen LogP contribution in [0.1, 0.15) is 23.6 Å². The fourth-order valence-corrected chi connectivity index (χ4v) is 5.73. The zero-order chi connectivity index (χ0) is 28.7. The van der Waals surface area contributed by atoms with E-state index >= 15 is 0 Å². The number of aromatic nitrogens is 4. The minimum absolute atomic E-state index is 0.894. The highest BCUT2D eigenvalue weighted by atomic mass is 32.1. The van der Waals surface area contributed by atoms with Crippen LogP contribution in [0.15, 0.2) is 146 Å². The first-order valence-corrected chi connectivity index (χ1v) is 14.5. The number of pyridine rings is 4. The molecule has 6 aromatic rings. The highest BCUT2D eigenvalue weighted by Crippen LogP contribution is 2.39. The van der Waals surface area contributed by atoms with Crippen molar-refractivity contribution >= 4 is 28.1 Å². The topological polar surface area (TPSA) is 51.6 Å². The second kappa shape index (κ2) is 12.5. The van der Waals surface area contributed by atoms with Gasteiger partial charge in [-0.25, -0.2) is 0 Å². The van der Waals surface area contributed by atoms with Crippen molar-refractivity contribution in [1.29, 1.82) is 0 Å². The maximum absolute atomic E-state index is 4.40. The van der Waals surface area contributed by atoms with Crippen molar-refractivity contribution in [2.45, 2.75) is 6.92 Å². The van der Waals surface area contributed by atoms with Gasteiger partial charge in [-0.3, -0.25) is 19.9 Å². The molecule has 0 N–H and O–H groups in total. The summed E-state index contributed by atoms with van der Waals surface area (Å²) in [6.07, 6.45) is 19.1. The predicted molar refractivity (Wildman–Crippen MR) is 175 cm³/mol. The average Bonchev–Trinajstić information content (AvgIpc) is 3.56. The number of nitrogens with zero attached hydrogens (tertiary/aromatic N) is 4. The molecular weight excluding hydrogens is 533 g/mol. The molecular formula is C37H28N4S. The molecule has 0 fully saturated rings. The van der Waals surface area contributed by atoms with Crippen LogP contribution in [0.2, 0.25) is 0 Å². The van der Waals surface area contributed by atoms with E-state index in [2.05, 4.69) is 92.7 Å². The van der Waals surface area contributed by atoms with Crippen LogP contribution < -0.4 is 0 Å². The van der Waals surface area contributed by atoms with E-state index in [4.69, 9.17) is 0 Å². The summed E-state index contributed by atoms with van der Waals surface area (Å²) in [6.45, 7) is 6.51. The summed E-state index contributed by atoms with van der Waals surface area (Å²) in [6, 6.07) is 22.8. The second-order valence-electron chi connectivity index (χ2n) is 9.92. The van der Waals surface area contributed by atoms with Gasteiger partial charge in [0.1, 0.15) is 0 Å². The summed E-state index contributed by atoms with van der Waals surface area (Å²) in [4.78, 5) is 17.4. The molecule has 0 unspecified atom stereocenters. The Morgan fingerprint density at radius 2 is 1.17 bits per heavy atom. The van der Waals surface area contributed by atoms with Crippen molar-refractivity contribution in [1.82, 2.24) is 19.9 Å². The first kappa shape index (κ1) is 26.9. The maximum atomic E-state index is 4.40. The lowest BCUT2D eigenvalue weighted by Gasteiger charge is -2.13. The zero-order valence-corrected chi connectivity index (χ0v) is 24.0. The van der Waals surface area contributed by atoms with Crippen LogP contribution in [0, 0.1) is 0 Å². The molecule has 0 saturated carbocycles. The van der Waals surface area contributed by atoms with Gasteiger partial charge in [0.25, 0.3) is 0 Å². The van der Waals surface area contributed by atoms with Crippen molar-refractivity contribution < 1.29 is 0 Å². The van der Waals surface area contributed by atoms with Gasteiger partial charge in [0.2, 0.25) is 0 Å². The van der Waals surface area contributed by atoms with E-state index in [1.54, 1.807) is 36.1 Å². The summed E-state index contributed by atoms with van der Waals surface area (Å²) in [5.41, 5.74) is 12.9. The molecule has 0 radical (unpaired) electrons. The van der Waals surface area contributed by atoms with E-state index in [0.29, 0.717) is 0 Å². The molecule has 4 nitrogen and oxygen atoms in total. The number of hydrogen-bond acceptors (Lipinski definition) is 5. The molecule has 5 aromatic heterocycles. The monoisotopic (exact) mass is 560 g/mol. The Balaban J connectivity index is 1.52. The Hall–Kier alpha value is -5.26. The molecule has 6 rings (SSSR count). The zero-order valence-electron chi connectivity index (χ0n) is 23.2. The molecule has 0 aliphatic rings. The molecule has 0 aliphatic heterocycles. The molecule has 0 saturated heterocycles. The number of benzene rings is 1. The molecule has 0 amide bonds. The van der Waals surface area contributed by atoms with Gasteiger partial charge in [0.05, 0.1) is 0 Å². The summed E-state index contributed by atoms with van der Waals surface area (Å²) < 4.78 is 0. The largest absolute Gasteiger partial charge is 0.264 e. The van der Waals surface area contributed by atoms with Gasteiger partial charge in [-0.2, -0.15) is 11.3 Å². The van der Waals surface area contributed by atoms with E-state index in [1.807, 2.05) is 55.1 Å². The lowest BCUT2D eigenvalue weighted by atomic mass is 9.91. The van der Waals surface area contributed by atoms with Gasteiger partial charge in [0.15, 0.2) is 0 Å². The number of allylic oxidation sites excluding steroid dienone is 5. The number of thiophene rings is 1.